The predicted octanol–water partition coefficient (Wildman–Crippen LogP) is -2.81. The first-order valence-corrected chi connectivity index (χ1v) is 8.42. The Morgan fingerprint density at radius 1 is 0.826 bits per heavy atom. The average Bonchev–Trinajstić information content (AvgIpc) is 2.55. The molecular formula is C13H23BO8S. The van der Waals surface area contributed by atoms with Gasteiger partial charge in [0.2, 0.25) is 0 Å². The highest BCUT2D eigenvalue weighted by atomic mass is 32.2. The first-order valence-electron chi connectivity index (χ1n) is 7.47. The molecule has 2 heterocycles. The molecule has 10 atom stereocenters. The van der Waals surface area contributed by atoms with Crippen LogP contribution in [0.2, 0.25) is 5.82 Å². The van der Waals surface area contributed by atoms with Crippen molar-refractivity contribution in [2.24, 2.45) is 5.92 Å². The molecule has 2 aliphatic heterocycles. The topological polar surface area (TPSA) is 140 Å². The zero-order valence-corrected chi connectivity index (χ0v) is 13.5. The fourth-order valence-electron chi connectivity index (χ4n) is 2.75. The molecule has 0 bridgehead atoms. The highest BCUT2D eigenvalue weighted by Crippen LogP contribution is 2.40. The van der Waals surface area contributed by atoms with Crippen molar-refractivity contribution >= 4 is 19.6 Å². The van der Waals surface area contributed by atoms with Crippen LogP contribution in [0.1, 0.15) is 6.92 Å². The van der Waals surface area contributed by atoms with Gasteiger partial charge in [0.15, 0.2) is 0 Å². The summed E-state index contributed by atoms with van der Waals surface area (Å²) in [5.41, 5.74) is -1.81. The Morgan fingerprint density at radius 3 is 1.83 bits per heavy atom. The third kappa shape index (κ3) is 3.86. The van der Waals surface area contributed by atoms with Crippen molar-refractivity contribution in [2.45, 2.75) is 60.2 Å². The average molecular weight is 350 g/mol. The largest absolute Gasteiger partial charge is 0.394 e. The molecule has 5 unspecified atom stereocenters. The summed E-state index contributed by atoms with van der Waals surface area (Å²) in [7, 11) is 5.73. The zero-order chi connectivity index (χ0) is 17.3. The van der Waals surface area contributed by atoms with Gasteiger partial charge in [0, 0.05) is 5.92 Å². The minimum Gasteiger partial charge on any atom is -0.394 e. The molecule has 10 heteroatoms. The number of rotatable bonds is 4. The Kier molecular flexibility index (Phi) is 6.74. The Bertz CT molecular complexity index is 353. The first-order chi connectivity index (χ1) is 10.8. The van der Waals surface area contributed by atoms with Crippen molar-refractivity contribution in [3.8, 4) is 0 Å². The highest BCUT2D eigenvalue weighted by molar-refractivity contribution is 8.00. The normalized spacial score (nSPS) is 51.6. The predicted molar refractivity (Wildman–Crippen MR) is 81.8 cm³/mol. The molecule has 0 aliphatic carbocycles. The molecule has 2 fully saturated rings. The summed E-state index contributed by atoms with van der Waals surface area (Å²) in [6.45, 7) is 0.736. The van der Waals surface area contributed by atoms with Crippen molar-refractivity contribution in [3.05, 3.63) is 0 Å². The van der Waals surface area contributed by atoms with E-state index in [-0.39, 0.29) is 0 Å². The minimum absolute atomic E-state index is 0.416. The lowest BCUT2D eigenvalue weighted by Gasteiger charge is -2.45. The van der Waals surface area contributed by atoms with Crippen LogP contribution in [0.5, 0.6) is 0 Å². The molecule has 2 radical (unpaired) electrons. The summed E-state index contributed by atoms with van der Waals surface area (Å²) in [6, 6.07) is 0. The number of thioether (sulfide) groups is 1. The van der Waals surface area contributed by atoms with Crippen molar-refractivity contribution in [1.82, 2.24) is 0 Å². The van der Waals surface area contributed by atoms with E-state index in [4.69, 9.17) is 17.3 Å². The van der Waals surface area contributed by atoms with Crippen LogP contribution in [-0.2, 0) is 9.47 Å². The van der Waals surface area contributed by atoms with Crippen molar-refractivity contribution < 1.29 is 40.1 Å². The summed E-state index contributed by atoms with van der Waals surface area (Å²) in [5, 5.41) is 58.6. The standard InChI is InChI=1S/C13H23BO8S/c1-4-8(17)5(2-15)21-12(9(4)18)23-13-11(20)7(14)10(19)6(3-16)22-13/h4-13,15-20H,2-3H2,1H3/t4?,5?,6-,7?,8-,9+,10?,11-,12+,13?/m1/s1. The number of hydrogen-bond donors (Lipinski definition) is 6. The van der Waals surface area contributed by atoms with Crippen LogP contribution < -0.4 is 0 Å². The molecule has 0 spiro atoms. The van der Waals surface area contributed by atoms with Gasteiger partial charge in [-0.05, 0) is 5.82 Å². The fraction of sp³-hybridized carbons (Fsp3) is 1.00. The third-order valence-electron chi connectivity index (χ3n) is 4.43. The fourth-order valence-corrected chi connectivity index (χ4v) is 4.18. The molecule has 0 aromatic heterocycles. The van der Waals surface area contributed by atoms with E-state index < -0.39 is 72.4 Å². The summed E-state index contributed by atoms with van der Waals surface area (Å²) in [6.07, 6.45) is -6.33. The second-order valence-electron chi connectivity index (χ2n) is 5.99. The Morgan fingerprint density at radius 2 is 1.30 bits per heavy atom. The molecule has 6 N–H and O–H groups in total. The van der Waals surface area contributed by atoms with Crippen LogP contribution in [-0.4, -0.2) is 99.2 Å². The molecule has 0 amide bonds. The maximum absolute atomic E-state index is 10.2. The van der Waals surface area contributed by atoms with Gasteiger partial charge in [0.25, 0.3) is 0 Å². The number of hydrogen-bond acceptors (Lipinski definition) is 9. The molecule has 23 heavy (non-hydrogen) atoms. The molecule has 2 saturated heterocycles. The van der Waals surface area contributed by atoms with Gasteiger partial charge in [-0.1, -0.05) is 18.7 Å². The van der Waals surface area contributed by atoms with E-state index in [1.54, 1.807) is 6.92 Å². The van der Waals surface area contributed by atoms with E-state index in [2.05, 4.69) is 0 Å². The van der Waals surface area contributed by atoms with Gasteiger partial charge in [-0.25, -0.2) is 0 Å². The van der Waals surface area contributed by atoms with Crippen LogP contribution in [0.25, 0.3) is 0 Å². The monoisotopic (exact) mass is 350 g/mol. The van der Waals surface area contributed by atoms with Crippen LogP contribution in [0, 0.1) is 5.92 Å². The Hall–Kier alpha value is 0.0949. The van der Waals surface area contributed by atoms with E-state index in [1.165, 1.54) is 0 Å². The zero-order valence-electron chi connectivity index (χ0n) is 12.7. The quantitative estimate of drug-likeness (QED) is 0.297. The minimum atomic E-state index is -1.23. The number of ether oxygens (including phenoxy) is 2. The van der Waals surface area contributed by atoms with Crippen molar-refractivity contribution in [2.75, 3.05) is 13.2 Å². The van der Waals surface area contributed by atoms with E-state index in [0.29, 0.717) is 0 Å². The molecule has 0 saturated carbocycles. The molecule has 0 aromatic rings. The molecule has 8 nitrogen and oxygen atoms in total. The maximum Gasteiger partial charge on any atom is 0.132 e. The lowest BCUT2D eigenvalue weighted by Crippen LogP contribution is -2.56. The van der Waals surface area contributed by atoms with Gasteiger partial charge in [0.1, 0.15) is 23.1 Å². The number of aliphatic hydroxyl groups is 6. The maximum atomic E-state index is 10.2. The lowest BCUT2D eigenvalue weighted by molar-refractivity contribution is -0.181. The van der Waals surface area contributed by atoms with Gasteiger partial charge in [-0.2, -0.15) is 0 Å². The lowest BCUT2D eigenvalue weighted by atomic mass is 9.75. The van der Waals surface area contributed by atoms with E-state index in [9.17, 15) is 30.6 Å². The van der Waals surface area contributed by atoms with Crippen molar-refractivity contribution in [1.29, 1.82) is 0 Å². The highest BCUT2D eigenvalue weighted by Gasteiger charge is 2.47. The second-order valence-corrected chi connectivity index (χ2v) is 7.19. The second kappa shape index (κ2) is 7.98. The van der Waals surface area contributed by atoms with Gasteiger partial charge in [0.05, 0.1) is 45.5 Å². The van der Waals surface area contributed by atoms with Crippen LogP contribution >= 0.6 is 11.8 Å². The van der Waals surface area contributed by atoms with Gasteiger partial charge >= 0.3 is 0 Å². The Labute approximate surface area is 139 Å². The van der Waals surface area contributed by atoms with Crippen LogP contribution in [0.4, 0.5) is 0 Å². The summed E-state index contributed by atoms with van der Waals surface area (Å²) < 4.78 is 10.9. The smallest absolute Gasteiger partial charge is 0.132 e. The van der Waals surface area contributed by atoms with Crippen molar-refractivity contribution in [3.63, 3.8) is 0 Å². The molecule has 2 rings (SSSR count). The molecular weight excluding hydrogens is 327 g/mol. The SMILES string of the molecule is [B]C1C(O)[C@@H](CO)OC(S[C@@H]2OC(CO)[C@H](O)C(C)[C@@H]2O)[C@@H]1O. The Balaban J connectivity index is 2.07. The molecule has 2 aliphatic rings. The summed E-state index contributed by atoms with van der Waals surface area (Å²) >= 11 is 0.939. The van der Waals surface area contributed by atoms with Gasteiger partial charge in [-0.3, -0.25) is 0 Å². The van der Waals surface area contributed by atoms with Crippen LogP contribution in [0.15, 0.2) is 0 Å². The third-order valence-corrected chi connectivity index (χ3v) is 5.75. The van der Waals surface area contributed by atoms with Gasteiger partial charge in [-0.15, -0.1) is 0 Å². The number of aliphatic hydroxyl groups excluding tert-OH is 6. The molecule has 0 aromatic carbocycles. The summed E-state index contributed by atoms with van der Waals surface area (Å²) in [4.78, 5) is 0. The molecule has 132 valence electrons. The summed E-state index contributed by atoms with van der Waals surface area (Å²) in [5.74, 6) is -1.57. The first kappa shape index (κ1) is 19.4. The van der Waals surface area contributed by atoms with E-state index in [0.717, 1.165) is 11.8 Å². The van der Waals surface area contributed by atoms with Crippen LogP contribution in [0.3, 0.4) is 0 Å². The van der Waals surface area contributed by atoms with E-state index >= 15 is 0 Å². The van der Waals surface area contributed by atoms with Gasteiger partial charge < -0.3 is 40.1 Å². The van der Waals surface area contributed by atoms with E-state index in [1.807, 2.05) is 0 Å².